The highest BCUT2D eigenvalue weighted by atomic mass is 32.2. The fourth-order valence-corrected chi connectivity index (χ4v) is 4.55. The van der Waals surface area contributed by atoms with Crippen molar-refractivity contribution >= 4 is 10.0 Å². The van der Waals surface area contributed by atoms with Gasteiger partial charge in [0.05, 0.1) is 13.4 Å². The molecule has 1 fully saturated rings. The maximum absolute atomic E-state index is 11.6. The summed E-state index contributed by atoms with van der Waals surface area (Å²) < 4.78 is 30.1. The zero-order valence-corrected chi connectivity index (χ0v) is 14.7. The van der Waals surface area contributed by atoms with Gasteiger partial charge in [0.2, 0.25) is 10.0 Å². The lowest BCUT2D eigenvalue weighted by Gasteiger charge is -2.27. The van der Waals surface area contributed by atoms with Crippen LogP contribution in [0.4, 0.5) is 0 Å². The number of rotatable bonds is 5. The minimum absolute atomic E-state index is 0.427. The molecule has 0 bridgehead atoms. The highest BCUT2D eigenvalue weighted by Crippen LogP contribution is 2.26. The van der Waals surface area contributed by atoms with E-state index in [0.717, 1.165) is 38.0 Å². The molecule has 6 heteroatoms. The second-order valence-corrected chi connectivity index (χ2v) is 8.74. The van der Waals surface area contributed by atoms with E-state index in [0.29, 0.717) is 25.0 Å². The Balaban J connectivity index is 1.52. The van der Waals surface area contributed by atoms with Gasteiger partial charge in [0.1, 0.15) is 5.75 Å². The van der Waals surface area contributed by atoms with Gasteiger partial charge in [0.25, 0.3) is 0 Å². The lowest BCUT2D eigenvalue weighted by Crippen LogP contribution is -2.38. The van der Waals surface area contributed by atoms with Gasteiger partial charge in [-0.15, -0.1) is 0 Å². The predicted octanol–water partition coefficient (Wildman–Crippen LogP) is 1.42. The molecular weight excluding hydrogens is 312 g/mol. The van der Waals surface area contributed by atoms with Gasteiger partial charge in [0.15, 0.2) is 0 Å². The fraction of sp³-hybridized carbons (Fsp3) is 0.647. The van der Waals surface area contributed by atoms with E-state index in [1.54, 1.807) is 11.4 Å². The van der Waals surface area contributed by atoms with Crippen LogP contribution in [0.3, 0.4) is 0 Å². The lowest BCUT2D eigenvalue weighted by atomic mass is 9.88. The summed E-state index contributed by atoms with van der Waals surface area (Å²) >= 11 is 0. The van der Waals surface area contributed by atoms with Crippen molar-refractivity contribution in [1.82, 2.24) is 9.62 Å². The SMILES string of the molecule is COc1ccc2c(c1)C[C@H](NC[C@@H]1CCN(S(C)(=O)=O)C1)CC2. The predicted molar refractivity (Wildman–Crippen MR) is 91.3 cm³/mol. The maximum atomic E-state index is 11.6. The molecule has 0 amide bonds. The Hall–Kier alpha value is -1.11. The Bertz CT molecular complexity index is 660. The molecule has 0 spiro atoms. The number of benzene rings is 1. The number of hydrogen-bond donors (Lipinski definition) is 1. The summed E-state index contributed by atoms with van der Waals surface area (Å²) in [5, 5.41) is 3.65. The lowest BCUT2D eigenvalue weighted by molar-refractivity contribution is 0.394. The molecule has 1 N–H and O–H groups in total. The van der Waals surface area contributed by atoms with Crippen LogP contribution in [0.5, 0.6) is 5.75 Å². The first-order valence-electron chi connectivity index (χ1n) is 8.30. The Morgan fingerprint density at radius 3 is 2.83 bits per heavy atom. The number of ether oxygens (including phenoxy) is 1. The zero-order chi connectivity index (χ0) is 16.4. The minimum atomic E-state index is -3.03. The van der Waals surface area contributed by atoms with Gasteiger partial charge < -0.3 is 10.1 Å². The topological polar surface area (TPSA) is 58.6 Å². The van der Waals surface area contributed by atoms with Gasteiger partial charge in [-0.25, -0.2) is 12.7 Å². The number of hydrogen-bond acceptors (Lipinski definition) is 4. The van der Waals surface area contributed by atoms with Crippen molar-refractivity contribution in [2.75, 3.05) is 33.0 Å². The quantitative estimate of drug-likeness (QED) is 0.882. The molecular formula is C17H26N2O3S. The molecule has 1 aliphatic carbocycles. The van der Waals surface area contributed by atoms with E-state index in [9.17, 15) is 8.42 Å². The first-order valence-corrected chi connectivity index (χ1v) is 10.1. The average molecular weight is 338 g/mol. The molecule has 0 unspecified atom stereocenters. The maximum Gasteiger partial charge on any atom is 0.211 e. The molecule has 0 saturated carbocycles. The Labute approximate surface area is 139 Å². The third-order valence-electron chi connectivity index (χ3n) is 5.05. The van der Waals surface area contributed by atoms with Crippen molar-refractivity contribution in [3.8, 4) is 5.75 Å². The first-order chi connectivity index (χ1) is 11.0. The van der Waals surface area contributed by atoms with E-state index in [4.69, 9.17) is 4.74 Å². The smallest absolute Gasteiger partial charge is 0.211 e. The number of methoxy groups -OCH3 is 1. The van der Waals surface area contributed by atoms with Crippen LogP contribution in [-0.2, 0) is 22.9 Å². The molecule has 0 radical (unpaired) electrons. The van der Waals surface area contributed by atoms with Crippen LogP contribution in [0, 0.1) is 5.92 Å². The third kappa shape index (κ3) is 4.05. The van der Waals surface area contributed by atoms with Crippen molar-refractivity contribution < 1.29 is 13.2 Å². The fourth-order valence-electron chi connectivity index (χ4n) is 3.63. The summed E-state index contributed by atoms with van der Waals surface area (Å²) in [5.41, 5.74) is 2.80. The summed E-state index contributed by atoms with van der Waals surface area (Å²) in [4.78, 5) is 0. The van der Waals surface area contributed by atoms with Crippen LogP contribution in [0.2, 0.25) is 0 Å². The monoisotopic (exact) mass is 338 g/mol. The average Bonchev–Trinajstić information content (AvgIpc) is 3.01. The van der Waals surface area contributed by atoms with Crippen LogP contribution in [0.15, 0.2) is 18.2 Å². The van der Waals surface area contributed by atoms with Crippen LogP contribution < -0.4 is 10.1 Å². The summed E-state index contributed by atoms with van der Waals surface area (Å²) in [5.74, 6) is 1.35. The van der Waals surface area contributed by atoms with Gasteiger partial charge in [-0.1, -0.05) is 6.07 Å². The summed E-state index contributed by atoms with van der Waals surface area (Å²) in [6.45, 7) is 2.22. The van der Waals surface area contributed by atoms with E-state index in [2.05, 4.69) is 17.4 Å². The van der Waals surface area contributed by atoms with Gasteiger partial charge in [0, 0.05) is 19.1 Å². The largest absolute Gasteiger partial charge is 0.497 e. The molecule has 3 rings (SSSR count). The molecule has 1 aromatic rings. The van der Waals surface area contributed by atoms with Crippen molar-refractivity contribution in [3.05, 3.63) is 29.3 Å². The van der Waals surface area contributed by atoms with E-state index in [1.807, 2.05) is 6.07 Å². The molecule has 23 heavy (non-hydrogen) atoms. The molecule has 128 valence electrons. The summed E-state index contributed by atoms with van der Waals surface area (Å²) in [7, 11) is -1.33. The van der Waals surface area contributed by atoms with Crippen LogP contribution >= 0.6 is 0 Å². The van der Waals surface area contributed by atoms with Gasteiger partial charge >= 0.3 is 0 Å². The molecule has 1 aliphatic heterocycles. The Kier molecular flexibility index (Phi) is 4.94. The van der Waals surface area contributed by atoms with Crippen molar-refractivity contribution in [2.24, 2.45) is 5.92 Å². The van der Waals surface area contributed by atoms with Crippen LogP contribution in [-0.4, -0.2) is 51.8 Å². The van der Waals surface area contributed by atoms with Gasteiger partial charge in [-0.3, -0.25) is 0 Å². The van der Waals surface area contributed by atoms with Crippen molar-refractivity contribution in [3.63, 3.8) is 0 Å². The molecule has 1 heterocycles. The second kappa shape index (κ2) is 6.79. The number of nitrogens with zero attached hydrogens (tertiary/aromatic N) is 1. The normalized spacial score (nSPS) is 25.3. The molecule has 2 atom stereocenters. The van der Waals surface area contributed by atoms with E-state index in [1.165, 1.54) is 17.4 Å². The Morgan fingerprint density at radius 2 is 2.13 bits per heavy atom. The molecule has 2 aliphatic rings. The van der Waals surface area contributed by atoms with E-state index < -0.39 is 10.0 Å². The second-order valence-electron chi connectivity index (χ2n) is 6.76. The van der Waals surface area contributed by atoms with Crippen LogP contribution in [0.25, 0.3) is 0 Å². The van der Waals surface area contributed by atoms with Gasteiger partial charge in [-0.05, 0) is 61.4 Å². The minimum Gasteiger partial charge on any atom is -0.497 e. The third-order valence-corrected chi connectivity index (χ3v) is 6.32. The molecule has 0 aromatic heterocycles. The zero-order valence-electron chi connectivity index (χ0n) is 13.9. The highest BCUT2D eigenvalue weighted by Gasteiger charge is 2.29. The van der Waals surface area contributed by atoms with Crippen molar-refractivity contribution in [1.29, 1.82) is 0 Å². The number of aryl methyl sites for hydroxylation is 1. The van der Waals surface area contributed by atoms with Crippen molar-refractivity contribution in [2.45, 2.75) is 31.7 Å². The standard InChI is InChI=1S/C17H26N2O3S/c1-22-17-6-4-14-3-5-16(9-15(14)10-17)18-11-13-7-8-19(12-13)23(2,20)21/h4,6,10,13,16,18H,3,5,7-9,11-12H2,1-2H3/t13-,16+/m0/s1. The molecule has 1 saturated heterocycles. The molecule has 5 nitrogen and oxygen atoms in total. The molecule has 1 aromatic carbocycles. The summed E-state index contributed by atoms with van der Waals surface area (Å²) in [6, 6.07) is 6.82. The number of nitrogens with one attached hydrogen (secondary N) is 1. The number of fused-ring (bicyclic) bond motifs is 1. The van der Waals surface area contributed by atoms with E-state index in [-0.39, 0.29) is 0 Å². The van der Waals surface area contributed by atoms with Crippen LogP contribution in [0.1, 0.15) is 24.0 Å². The highest BCUT2D eigenvalue weighted by molar-refractivity contribution is 7.88. The van der Waals surface area contributed by atoms with E-state index >= 15 is 0 Å². The Morgan fingerprint density at radius 1 is 1.30 bits per heavy atom. The first kappa shape index (κ1) is 16.7. The number of sulfonamides is 1. The summed E-state index contributed by atoms with van der Waals surface area (Å²) in [6.07, 6.45) is 5.51. The van der Waals surface area contributed by atoms with Gasteiger partial charge in [-0.2, -0.15) is 0 Å².